The van der Waals surface area contributed by atoms with E-state index in [4.69, 9.17) is 10.9 Å². The second-order valence-corrected chi connectivity index (χ2v) is 2.66. The number of phenolic OH excluding ortho intramolecular Hbond substituents is 1. The van der Waals surface area contributed by atoms with Crippen LogP contribution in [0.3, 0.4) is 0 Å². The Balaban J connectivity index is 3.04. The minimum absolute atomic E-state index is 0.176. The highest BCUT2D eigenvalue weighted by Gasteiger charge is 1.96. The van der Waals surface area contributed by atoms with E-state index in [0.29, 0.717) is 10.2 Å². The van der Waals surface area contributed by atoms with Gasteiger partial charge in [0.15, 0.2) is 0 Å². The molecule has 1 rings (SSSR count). The van der Waals surface area contributed by atoms with Crippen molar-refractivity contribution in [2.45, 2.75) is 0 Å². The van der Waals surface area contributed by atoms with Crippen LogP contribution < -0.4 is 11.3 Å². The Labute approximate surface area is 67.0 Å². The molecule has 54 valence electrons. The molecular formula is C6H7BrN2O. The summed E-state index contributed by atoms with van der Waals surface area (Å²) in [6, 6.07) is 5.00. The zero-order chi connectivity index (χ0) is 7.56. The van der Waals surface area contributed by atoms with Crippen molar-refractivity contribution in [2.24, 2.45) is 5.84 Å². The van der Waals surface area contributed by atoms with Crippen molar-refractivity contribution in [3.63, 3.8) is 0 Å². The molecule has 0 bridgehead atoms. The fraction of sp³-hybridized carbons (Fsp3) is 0. The normalized spacial score (nSPS) is 9.40. The van der Waals surface area contributed by atoms with E-state index in [1.165, 1.54) is 6.07 Å². The van der Waals surface area contributed by atoms with Crippen LogP contribution in [0.25, 0.3) is 0 Å². The number of nitrogen functional groups attached to an aromatic ring is 1. The number of aromatic hydroxyl groups is 1. The quantitative estimate of drug-likeness (QED) is 0.478. The summed E-state index contributed by atoms with van der Waals surface area (Å²) in [6.07, 6.45) is 0. The first kappa shape index (κ1) is 7.37. The highest BCUT2D eigenvalue weighted by Crippen LogP contribution is 2.25. The van der Waals surface area contributed by atoms with Gasteiger partial charge in [0.1, 0.15) is 5.75 Å². The topological polar surface area (TPSA) is 58.3 Å². The molecule has 0 saturated heterocycles. The zero-order valence-corrected chi connectivity index (χ0v) is 6.72. The predicted molar refractivity (Wildman–Crippen MR) is 43.6 cm³/mol. The lowest BCUT2D eigenvalue weighted by Crippen LogP contribution is -2.05. The maximum Gasteiger partial charge on any atom is 0.131 e. The van der Waals surface area contributed by atoms with Crippen molar-refractivity contribution in [1.29, 1.82) is 0 Å². The van der Waals surface area contributed by atoms with E-state index >= 15 is 0 Å². The third-order valence-electron chi connectivity index (χ3n) is 1.11. The zero-order valence-electron chi connectivity index (χ0n) is 5.13. The van der Waals surface area contributed by atoms with E-state index in [2.05, 4.69) is 21.4 Å². The van der Waals surface area contributed by atoms with Gasteiger partial charge in [-0.1, -0.05) is 0 Å². The van der Waals surface area contributed by atoms with Crippen LogP contribution in [0.15, 0.2) is 22.7 Å². The number of anilines is 1. The molecule has 0 heterocycles. The maximum absolute atomic E-state index is 9.09. The number of hydrazine groups is 1. The van der Waals surface area contributed by atoms with Crippen molar-refractivity contribution in [3.8, 4) is 5.75 Å². The molecule has 0 spiro atoms. The SMILES string of the molecule is NNc1ccc(Br)c(O)c1. The third kappa shape index (κ3) is 1.40. The van der Waals surface area contributed by atoms with Gasteiger partial charge in [0.25, 0.3) is 0 Å². The molecule has 0 amide bonds. The number of hydrogen-bond donors (Lipinski definition) is 3. The van der Waals surface area contributed by atoms with E-state index in [9.17, 15) is 0 Å². The van der Waals surface area contributed by atoms with Gasteiger partial charge in [0.05, 0.1) is 10.2 Å². The summed E-state index contributed by atoms with van der Waals surface area (Å²) in [4.78, 5) is 0. The molecule has 0 aromatic heterocycles. The molecule has 0 atom stereocenters. The van der Waals surface area contributed by atoms with Gasteiger partial charge in [-0.25, -0.2) is 0 Å². The van der Waals surface area contributed by atoms with Crippen molar-refractivity contribution < 1.29 is 5.11 Å². The molecule has 0 aliphatic carbocycles. The van der Waals surface area contributed by atoms with Gasteiger partial charge in [0, 0.05) is 6.07 Å². The number of benzene rings is 1. The average Bonchev–Trinajstić information content (AvgIpc) is 1.95. The van der Waals surface area contributed by atoms with Crippen molar-refractivity contribution >= 4 is 21.6 Å². The molecule has 0 fully saturated rings. The van der Waals surface area contributed by atoms with Crippen molar-refractivity contribution in [2.75, 3.05) is 5.43 Å². The Morgan fingerprint density at radius 2 is 2.20 bits per heavy atom. The fourth-order valence-electron chi connectivity index (χ4n) is 0.602. The Kier molecular flexibility index (Phi) is 2.13. The van der Waals surface area contributed by atoms with Crippen LogP contribution in [-0.4, -0.2) is 5.11 Å². The van der Waals surface area contributed by atoms with Gasteiger partial charge in [-0.15, -0.1) is 0 Å². The van der Waals surface area contributed by atoms with Crippen LogP contribution in [0.4, 0.5) is 5.69 Å². The van der Waals surface area contributed by atoms with E-state index in [1.54, 1.807) is 12.1 Å². The Morgan fingerprint density at radius 1 is 1.50 bits per heavy atom. The van der Waals surface area contributed by atoms with E-state index in [1.807, 2.05) is 0 Å². The molecule has 0 aliphatic heterocycles. The maximum atomic E-state index is 9.09. The standard InChI is InChI=1S/C6H7BrN2O/c7-5-2-1-4(9-8)3-6(5)10/h1-3,9-10H,8H2. The highest BCUT2D eigenvalue weighted by atomic mass is 79.9. The third-order valence-corrected chi connectivity index (χ3v) is 1.78. The minimum Gasteiger partial charge on any atom is -0.507 e. The summed E-state index contributed by atoms with van der Waals surface area (Å²) in [6.45, 7) is 0. The summed E-state index contributed by atoms with van der Waals surface area (Å²) in [5, 5.41) is 9.09. The van der Waals surface area contributed by atoms with Gasteiger partial charge in [-0.2, -0.15) is 0 Å². The molecule has 0 saturated carbocycles. The number of nitrogens with two attached hydrogens (primary N) is 1. The van der Waals surface area contributed by atoms with Gasteiger partial charge in [-0.05, 0) is 28.1 Å². The number of nitrogens with one attached hydrogen (secondary N) is 1. The molecule has 0 radical (unpaired) electrons. The van der Waals surface area contributed by atoms with Crippen LogP contribution in [0.5, 0.6) is 5.75 Å². The van der Waals surface area contributed by atoms with Crippen LogP contribution in [0.2, 0.25) is 0 Å². The predicted octanol–water partition coefficient (Wildman–Crippen LogP) is 1.44. The smallest absolute Gasteiger partial charge is 0.131 e. The number of halogens is 1. The molecule has 10 heavy (non-hydrogen) atoms. The van der Waals surface area contributed by atoms with E-state index in [-0.39, 0.29) is 5.75 Å². The highest BCUT2D eigenvalue weighted by molar-refractivity contribution is 9.10. The first-order chi connectivity index (χ1) is 4.74. The summed E-state index contributed by atoms with van der Waals surface area (Å²) < 4.78 is 0.659. The fourth-order valence-corrected chi connectivity index (χ4v) is 0.849. The summed E-state index contributed by atoms with van der Waals surface area (Å²) >= 11 is 3.14. The summed E-state index contributed by atoms with van der Waals surface area (Å²) in [5.41, 5.74) is 3.10. The minimum atomic E-state index is 0.176. The lowest BCUT2D eigenvalue weighted by molar-refractivity contribution is 0.472. The Morgan fingerprint density at radius 3 is 2.70 bits per heavy atom. The van der Waals surface area contributed by atoms with Gasteiger partial charge in [-0.3, -0.25) is 5.84 Å². The Hall–Kier alpha value is -0.740. The van der Waals surface area contributed by atoms with Crippen LogP contribution in [-0.2, 0) is 0 Å². The van der Waals surface area contributed by atoms with Crippen LogP contribution >= 0.6 is 15.9 Å². The van der Waals surface area contributed by atoms with Gasteiger partial charge in [0.2, 0.25) is 0 Å². The largest absolute Gasteiger partial charge is 0.507 e. The summed E-state index contributed by atoms with van der Waals surface area (Å²) in [5.74, 6) is 5.27. The molecule has 1 aromatic carbocycles. The molecule has 4 heteroatoms. The summed E-state index contributed by atoms with van der Waals surface area (Å²) in [7, 11) is 0. The van der Waals surface area contributed by atoms with Crippen LogP contribution in [0.1, 0.15) is 0 Å². The molecule has 0 unspecified atom stereocenters. The molecule has 1 aromatic rings. The lowest BCUT2D eigenvalue weighted by atomic mass is 10.3. The number of rotatable bonds is 1. The molecular weight excluding hydrogens is 196 g/mol. The van der Waals surface area contributed by atoms with E-state index < -0.39 is 0 Å². The number of hydrogen-bond acceptors (Lipinski definition) is 3. The van der Waals surface area contributed by atoms with Gasteiger partial charge >= 0.3 is 0 Å². The second-order valence-electron chi connectivity index (χ2n) is 1.81. The van der Waals surface area contributed by atoms with E-state index in [0.717, 1.165) is 0 Å². The molecule has 0 aliphatic rings. The van der Waals surface area contributed by atoms with Crippen LogP contribution in [0, 0.1) is 0 Å². The molecule has 3 nitrogen and oxygen atoms in total. The second kappa shape index (κ2) is 2.90. The lowest BCUT2D eigenvalue weighted by Gasteiger charge is -2.00. The number of phenols is 1. The monoisotopic (exact) mass is 202 g/mol. The van der Waals surface area contributed by atoms with Crippen molar-refractivity contribution in [1.82, 2.24) is 0 Å². The van der Waals surface area contributed by atoms with Crippen molar-refractivity contribution in [3.05, 3.63) is 22.7 Å². The Bertz CT molecular complexity index is 239. The average molecular weight is 203 g/mol. The van der Waals surface area contributed by atoms with Gasteiger partial charge < -0.3 is 10.5 Å². The molecule has 4 N–H and O–H groups in total. The first-order valence-corrected chi connectivity index (χ1v) is 3.48. The first-order valence-electron chi connectivity index (χ1n) is 2.69.